The number of aryl methyl sites for hydroxylation is 1. The number of carbonyl (C=O) groups is 2. The topological polar surface area (TPSA) is 80.1 Å². The van der Waals surface area contributed by atoms with Gasteiger partial charge in [-0.05, 0) is 68.0 Å². The molecule has 3 aromatic rings. The van der Waals surface area contributed by atoms with Crippen molar-refractivity contribution in [3.63, 3.8) is 0 Å². The molecule has 37 heavy (non-hydrogen) atoms. The molecule has 1 aliphatic rings. The summed E-state index contributed by atoms with van der Waals surface area (Å²) in [5, 5.41) is 7.00. The summed E-state index contributed by atoms with van der Waals surface area (Å²) in [5.41, 5.74) is 1.92. The number of urea groups is 1. The monoisotopic (exact) mass is 513 g/mol. The van der Waals surface area contributed by atoms with Crippen LogP contribution in [0, 0.1) is 0 Å². The number of alkyl halides is 3. The Morgan fingerprint density at radius 2 is 1.86 bits per heavy atom. The van der Waals surface area contributed by atoms with Gasteiger partial charge in [-0.3, -0.25) is 9.48 Å². The van der Waals surface area contributed by atoms with Crippen LogP contribution in [0.1, 0.15) is 60.7 Å². The molecular weight excluding hydrogens is 483 g/mol. The minimum Gasteiger partial charge on any atom is -0.333 e. The molecule has 0 unspecified atom stereocenters. The summed E-state index contributed by atoms with van der Waals surface area (Å²) in [6.07, 6.45) is -0.190. The number of Topliss-reactive ketones (excluding diaryl/α,β-unsaturated/α-hetero) is 1. The number of nitrogens with one attached hydrogen (secondary N) is 1. The van der Waals surface area contributed by atoms with Crippen molar-refractivity contribution in [1.29, 1.82) is 0 Å². The van der Waals surface area contributed by atoms with Crippen LogP contribution in [-0.2, 0) is 25.7 Å². The minimum absolute atomic E-state index is 0.0787. The number of hydrogen-bond donors (Lipinski definition) is 1. The van der Waals surface area contributed by atoms with Crippen LogP contribution in [-0.4, -0.2) is 43.6 Å². The fraction of sp³-hybridized carbons (Fsp3) is 0.407. The maximum Gasteiger partial charge on any atom is 0.416 e. The molecule has 0 radical (unpaired) electrons. The Bertz CT molecular complexity index is 1280. The zero-order chi connectivity index (χ0) is 26.8. The lowest BCUT2D eigenvalue weighted by atomic mass is 9.85. The first kappa shape index (κ1) is 26.4. The molecule has 7 nitrogen and oxygen atoms in total. The van der Waals surface area contributed by atoms with E-state index in [1.54, 1.807) is 34.1 Å². The molecule has 0 aliphatic carbocycles. The van der Waals surface area contributed by atoms with E-state index in [2.05, 4.69) is 15.4 Å². The number of rotatable bonds is 6. The average molecular weight is 514 g/mol. The van der Waals surface area contributed by atoms with Gasteiger partial charge in [0, 0.05) is 37.2 Å². The Labute approximate surface area is 213 Å². The fourth-order valence-corrected chi connectivity index (χ4v) is 4.53. The van der Waals surface area contributed by atoms with Crippen LogP contribution >= 0.6 is 0 Å². The predicted molar refractivity (Wildman–Crippen MR) is 133 cm³/mol. The highest BCUT2D eigenvalue weighted by atomic mass is 19.4. The van der Waals surface area contributed by atoms with Gasteiger partial charge in [0.2, 0.25) is 0 Å². The molecule has 2 heterocycles. The second-order valence-corrected chi connectivity index (χ2v) is 10.2. The third-order valence-corrected chi connectivity index (χ3v) is 6.24. The molecule has 1 aliphatic heterocycles. The second kappa shape index (κ2) is 10.4. The summed E-state index contributed by atoms with van der Waals surface area (Å²) in [7, 11) is 0. The van der Waals surface area contributed by atoms with Crippen LogP contribution < -0.4 is 5.32 Å². The van der Waals surface area contributed by atoms with E-state index in [4.69, 9.17) is 0 Å². The van der Waals surface area contributed by atoms with E-state index in [-0.39, 0.29) is 24.8 Å². The van der Waals surface area contributed by atoms with Crippen LogP contribution in [0.25, 0.3) is 11.1 Å². The number of carbonyl (C=O) groups excluding carboxylic acids is 2. The van der Waals surface area contributed by atoms with Crippen molar-refractivity contribution in [2.24, 2.45) is 0 Å². The van der Waals surface area contributed by atoms with Gasteiger partial charge in [-0.1, -0.05) is 24.3 Å². The summed E-state index contributed by atoms with van der Waals surface area (Å²) in [6, 6.07) is 8.37. The lowest BCUT2D eigenvalue weighted by molar-refractivity contribution is -0.137. The summed E-state index contributed by atoms with van der Waals surface area (Å²) in [4.78, 5) is 31.7. The third kappa shape index (κ3) is 6.36. The van der Waals surface area contributed by atoms with Crippen LogP contribution in [0.4, 0.5) is 18.0 Å². The molecule has 0 bridgehead atoms. The molecule has 2 aromatic carbocycles. The summed E-state index contributed by atoms with van der Waals surface area (Å²) in [6.45, 7) is 6.80. The van der Waals surface area contributed by atoms with E-state index in [0.717, 1.165) is 17.7 Å². The SMILES string of the molecule is CC(C)(C)NC(=O)N1CCc2c(-c3cccc(C(F)(F)F)c3)ccc(C(=O)CCCn3cncn3)c2C1. The van der Waals surface area contributed by atoms with E-state index in [1.165, 1.54) is 12.4 Å². The Kier molecular flexibility index (Phi) is 7.38. The second-order valence-electron chi connectivity index (χ2n) is 10.2. The Balaban J connectivity index is 1.67. The molecule has 4 rings (SSSR count). The van der Waals surface area contributed by atoms with Crippen molar-refractivity contribution in [3.05, 3.63) is 71.3 Å². The summed E-state index contributed by atoms with van der Waals surface area (Å²) in [5.74, 6) is -0.0787. The molecule has 1 N–H and O–H groups in total. The van der Waals surface area contributed by atoms with Crippen molar-refractivity contribution in [1.82, 2.24) is 25.0 Å². The number of fused-ring (bicyclic) bond motifs is 1. The molecule has 196 valence electrons. The van der Waals surface area contributed by atoms with E-state index in [0.29, 0.717) is 48.2 Å². The van der Waals surface area contributed by atoms with Crippen molar-refractivity contribution < 1.29 is 22.8 Å². The quantitative estimate of drug-likeness (QED) is 0.442. The van der Waals surface area contributed by atoms with Gasteiger partial charge in [0.1, 0.15) is 12.7 Å². The lowest BCUT2D eigenvalue weighted by Gasteiger charge is -2.34. The maximum atomic E-state index is 13.4. The molecule has 0 atom stereocenters. The molecule has 10 heteroatoms. The predicted octanol–water partition coefficient (Wildman–Crippen LogP) is 5.49. The number of benzene rings is 2. The fourth-order valence-electron chi connectivity index (χ4n) is 4.53. The maximum absolute atomic E-state index is 13.4. The van der Waals surface area contributed by atoms with E-state index in [1.807, 2.05) is 20.8 Å². The largest absolute Gasteiger partial charge is 0.416 e. The summed E-state index contributed by atoms with van der Waals surface area (Å²) >= 11 is 0. The number of aromatic nitrogens is 3. The molecular formula is C27H30F3N5O2. The van der Waals surface area contributed by atoms with Crippen molar-refractivity contribution in [2.45, 2.75) is 64.8 Å². The molecule has 0 fully saturated rings. The van der Waals surface area contributed by atoms with Gasteiger partial charge in [-0.2, -0.15) is 18.3 Å². The van der Waals surface area contributed by atoms with E-state index >= 15 is 0 Å². The first-order valence-corrected chi connectivity index (χ1v) is 12.2. The first-order chi connectivity index (χ1) is 17.4. The molecule has 1 aromatic heterocycles. The van der Waals surface area contributed by atoms with Crippen LogP contribution in [0.3, 0.4) is 0 Å². The average Bonchev–Trinajstić information content (AvgIpc) is 3.35. The highest BCUT2D eigenvalue weighted by molar-refractivity contribution is 5.99. The Morgan fingerprint density at radius 1 is 1.08 bits per heavy atom. The van der Waals surface area contributed by atoms with Crippen LogP contribution in [0.2, 0.25) is 0 Å². The van der Waals surface area contributed by atoms with Gasteiger partial charge in [-0.15, -0.1) is 0 Å². The Hall–Kier alpha value is -3.69. The number of ketones is 1. The van der Waals surface area contributed by atoms with E-state index < -0.39 is 17.3 Å². The van der Waals surface area contributed by atoms with Crippen LogP contribution in [0.5, 0.6) is 0 Å². The highest BCUT2D eigenvalue weighted by Crippen LogP contribution is 2.36. The highest BCUT2D eigenvalue weighted by Gasteiger charge is 2.32. The lowest BCUT2D eigenvalue weighted by Crippen LogP contribution is -2.50. The molecule has 0 saturated carbocycles. The summed E-state index contributed by atoms with van der Waals surface area (Å²) < 4.78 is 41.8. The van der Waals surface area contributed by atoms with Crippen molar-refractivity contribution >= 4 is 11.8 Å². The minimum atomic E-state index is -4.46. The van der Waals surface area contributed by atoms with Crippen LogP contribution in [0.15, 0.2) is 49.1 Å². The molecule has 2 amide bonds. The van der Waals surface area contributed by atoms with Gasteiger partial charge >= 0.3 is 12.2 Å². The standard InChI is InChI=1S/C27H30F3N5O2/c1-26(2,3)33-25(37)34-13-11-21-20(18-6-4-7-19(14-18)27(28,29)30)9-10-22(23(21)15-34)24(36)8-5-12-35-17-31-16-32-35/h4,6-7,9-10,14,16-17H,5,8,11-13,15H2,1-3H3,(H,33,37). The van der Waals surface area contributed by atoms with Gasteiger partial charge in [-0.25, -0.2) is 9.78 Å². The normalized spacial score (nSPS) is 13.8. The van der Waals surface area contributed by atoms with Gasteiger partial charge < -0.3 is 10.2 Å². The molecule has 0 spiro atoms. The number of hydrogen-bond acceptors (Lipinski definition) is 4. The number of amides is 2. The van der Waals surface area contributed by atoms with E-state index in [9.17, 15) is 22.8 Å². The van der Waals surface area contributed by atoms with Gasteiger partial charge in [0.15, 0.2) is 5.78 Å². The zero-order valence-electron chi connectivity index (χ0n) is 21.1. The van der Waals surface area contributed by atoms with Crippen molar-refractivity contribution in [3.8, 4) is 11.1 Å². The zero-order valence-corrected chi connectivity index (χ0v) is 21.1. The molecule has 0 saturated heterocycles. The Morgan fingerprint density at radius 3 is 2.54 bits per heavy atom. The van der Waals surface area contributed by atoms with Gasteiger partial charge in [0.25, 0.3) is 0 Å². The number of halogens is 3. The smallest absolute Gasteiger partial charge is 0.333 e. The van der Waals surface area contributed by atoms with Crippen molar-refractivity contribution in [2.75, 3.05) is 6.54 Å². The first-order valence-electron chi connectivity index (χ1n) is 12.2. The number of nitrogens with zero attached hydrogens (tertiary/aromatic N) is 4. The third-order valence-electron chi connectivity index (χ3n) is 6.24. The van der Waals surface area contributed by atoms with Gasteiger partial charge in [0.05, 0.1) is 5.56 Å².